The predicted octanol–water partition coefficient (Wildman–Crippen LogP) is 4.39. The van der Waals surface area contributed by atoms with E-state index in [1.807, 2.05) is 29.6 Å². The fourth-order valence-corrected chi connectivity index (χ4v) is 7.68. The number of carbonyl (C=O) groups excluding carboxylic acids is 2. The number of carbonyl (C=O) groups is 2. The minimum Gasteiger partial charge on any atom is -0.497 e. The van der Waals surface area contributed by atoms with Crippen molar-refractivity contribution >= 4 is 39.2 Å². The van der Waals surface area contributed by atoms with Crippen molar-refractivity contribution in [3.8, 4) is 23.0 Å². The van der Waals surface area contributed by atoms with Crippen LogP contribution in [0.25, 0.3) is 22.2 Å². The normalized spacial score (nSPS) is 30.0. The number of aromatic nitrogens is 2. The van der Waals surface area contributed by atoms with E-state index in [9.17, 15) is 14.7 Å². The van der Waals surface area contributed by atoms with Crippen LogP contribution in [-0.4, -0.2) is 100 Å². The lowest BCUT2D eigenvalue weighted by Crippen LogP contribution is -2.54. The number of aliphatic hydroxyl groups excluding tert-OH is 1. The molecule has 2 saturated heterocycles. The predicted molar refractivity (Wildman–Crippen MR) is 179 cm³/mol. The van der Waals surface area contributed by atoms with E-state index in [0.717, 1.165) is 40.9 Å². The molecule has 0 radical (unpaired) electrons. The first-order valence-corrected chi connectivity index (χ1v) is 17.2. The Labute approximate surface area is 278 Å². The number of fused-ring (bicyclic) bond motifs is 3. The number of nitrogens with one attached hydrogen (secondary N) is 2. The third-order valence-electron chi connectivity index (χ3n) is 9.47. The van der Waals surface area contributed by atoms with Crippen LogP contribution >= 0.6 is 11.3 Å². The quantitative estimate of drug-likeness (QED) is 0.248. The fraction of sp³-hybridized carbons (Fsp3) is 0.529. The molecule has 0 spiro atoms. The van der Waals surface area contributed by atoms with Gasteiger partial charge in [0, 0.05) is 42.7 Å². The van der Waals surface area contributed by atoms with Crippen molar-refractivity contribution < 1.29 is 28.9 Å². The molecule has 6 atom stereocenters. The number of anilines is 1. The fourth-order valence-electron chi connectivity index (χ4n) is 6.82. The van der Waals surface area contributed by atoms with Crippen molar-refractivity contribution in [2.24, 2.45) is 5.92 Å². The van der Waals surface area contributed by atoms with Gasteiger partial charge in [0.15, 0.2) is 11.4 Å². The Morgan fingerprint density at radius 1 is 1.19 bits per heavy atom. The number of ether oxygens (including phenoxy) is 3. The molecule has 0 bridgehead atoms. The summed E-state index contributed by atoms with van der Waals surface area (Å²) in [7, 11) is 3.41. The first-order chi connectivity index (χ1) is 22.6. The average Bonchev–Trinajstić information content (AvgIpc) is 3.81. The molecule has 1 aromatic carbocycles. The third-order valence-corrected chi connectivity index (χ3v) is 10.2. The molecule has 3 aromatic rings. The summed E-state index contributed by atoms with van der Waals surface area (Å²) >= 11 is 1.51. The van der Waals surface area contributed by atoms with E-state index in [0.29, 0.717) is 36.7 Å². The highest BCUT2D eigenvalue weighted by molar-refractivity contribution is 7.14. The Bertz CT molecular complexity index is 1700. The molecular weight excluding hydrogens is 620 g/mol. The SMILES string of the molecule is COc1ccc2c(O[C@@H]3C[C@H]4C(=O)N[C@]5(C6OC6O)C[C@H]5/C=C\CCCCN(C)C(=O)N4C3)nc(-c3csc(NC(C)C)n3)cc2c1. The number of nitrogens with zero attached hydrogens (tertiary/aromatic N) is 4. The number of rotatable bonds is 7. The molecule has 1 aliphatic carbocycles. The van der Waals surface area contributed by atoms with Crippen LogP contribution in [0.3, 0.4) is 0 Å². The Morgan fingerprint density at radius 2 is 2.02 bits per heavy atom. The van der Waals surface area contributed by atoms with Crippen molar-refractivity contribution in [1.82, 2.24) is 25.1 Å². The van der Waals surface area contributed by atoms with Crippen LogP contribution < -0.4 is 20.1 Å². The molecule has 2 aromatic heterocycles. The summed E-state index contributed by atoms with van der Waals surface area (Å²) < 4.78 is 17.6. The topological polar surface area (TPSA) is 142 Å². The second-order valence-electron chi connectivity index (χ2n) is 13.3. The highest BCUT2D eigenvalue weighted by Crippen LogP contribution is 2.54. The second-order valence-corrected chi connectivity index (χ2v) is 14.2. The van der Waals surface area contributed by atoms with E-state index in [1.165, 1.54) is 11.3 Å². The molecule has 5 heterocycles. The molecule has 4 aliphatic rings. The van der Waals surface area contributed by atoms with Crippen molar-refractivity contribution in [3.05, 3.63) is 41.8 Å². The number of methoxy groups -OCH3 is 1. The maximum atomic E-state index is 14.0. The van der Waals surface area contributed by atoms with Gasteiger partial charge in [-0.15, -0.1) is 11.3 Å². The molecule has 250 valence electrons. The van der Waals surface area contributed by atoms with Gasteiger partial charge >= 0.3 is 6.03 Å². The van der Waals surface area contributed by atoms with Gasteiger partial charge in [-0.2, -0.15) is 0 Å². The first-order valence-electron chi connectivity index (χ1n) is 16.4. The van der Waals surface area contributed by atoms with Crippen LogP contribution in [0.4, 0.5) is 9.93 Å². The van der Waals surface area contributed by atoms with Crippen LogP contribution in [0, 0.1) is 5.92 Å². The Kier molecular flexibility index (Phi) is 8.48. The van der Waals surface area contributed by atoms with E-state index in [2.05, 4.69) is 36.6 Å². The van der Waals surface area contributed by atoms with Crippen LogP contribution in [0.5, 0.6) is 11.6 Å². The maximum absolute atomic E-state index is 14.0. The van der Waals surface area contributed by atoms with Crippen molar-refractivity contribution in [1.29, 1.82) is 0 Å². The molecule has 3 fully saturated rings. The standard InChI is InChI=1S/C34H42N6O6S/c1-19(2)35-32-37-26(18-47-32)25-14-20-13-22(44-4)10-11-24(20)30(36-25)45-23-15-27-29(41)38-34(28-31(42)46-28)16-21(34)9-7-5-6-8-12-39(3)33(43)40(27)17-23/h7,9-11,13-14,18-19,21,23,27-28,31,42H,5-6,8,12,15-17H2,1-4H3,(H,35,37)(H,38,41)/b9-7-/t21-,23-,27+,28?,31?,34-/m1/s1. The van der Waals surface area contributed by atoms with Gasteiger partial charge in [-0.05, 0) is 69.2 Å². The highest BCUT2D eigenvalue weighted by Gasteiger charge is 2.68. The van der Waals surface area contributed by atoms with Gasteiger partial charge in [0.1, 0.15) is 29.7 Å². The van der Waals surface area contributed by atoms with E-state index >= 15 is 0 Å². The lowest BCUT2D eigenvalue weighted by molar-refractivity contribution is -0.126. The number of amides is 3. The summed E-state index contributed by atoms with van der Waals surface area (Å²) in [6.45, 7) is 4.94. The molecule has 13 heteroatoms. The van der Waals surface area contributed by atoms with Crippen molar-refractivity contribution in [2.45, 2.75) is 82.1 Å². The molecule has 3 amide bonds. The zero-order valence-electron chi connectivity index (χ0n) is 27.1. The number of allylic oxidation sites excluding steroid dienone is 1. The number of thiazole rings is 1. The van der Waals surface area contributed by atoms with Gasteiger partial charge in [0.2, 0.25) is 11.8 Å². The Hall–Kier alpha value is -3.94. The number of hydrogen-bond donors (Lipinski definition) is 3. The first kappa shape index (κ1) is 31.6. The van der Waals surface area contributed by atoms with E-state index in [4.69, 9.17) is 24.2 Å². The monoisotopic (exact) mass is 662 g/mol. The summed E-state index contributed by atoms with van der Waals surface area (Å²) in [5, 5.41) is 21.1. The van der Waals surface area contributed by atoms with Crippen LogP contribution in [-0.2, 0) is 9.53 Å². The lowest BCUT2D eigenvalue weighted by atomic mass is 10.1. The summed E-state index contributed by atoms with van der Waals surface area (Å²) in [6.07, 6.45) is 6.11. The summed E-state index contributed by atoms with van der Waals surface area (Å²) in [6, 6.07) is 6.95. The molecule has 12 nitrogen and oxygen atoms in total. The molecule has 7 rings (SSSR count). The smallest absolute Gasteiger partial charge is 0.320 e. The molecule has 3 aliphatic heterocycles. The van der Waals surface area contributed by atoms with Gasteiger partial charge in [-0.1, -0.05) is 12.2 Å². The number of hydrogen-bond acceptors (Lipinski definition) is 10. The van der Waals surface area contributed by atoms with Crippen molar-refractivity contribution in [2.75, 3.05) is 32.6 Å². The van der Waals surface area contributed by atoms with Gasteiger partial charge in [0.05, 0.1) is 24.9 Å². The van der Waals surface area contributed by atoms with Crippen LogP contribution in [0.2, 0.25) is 0 Å². The second kappa shape index (κ2) is 12.6. The summed E-state index contributed by atoms with van der Waals surface area (Å²) in [5.74, 6) is 0.920. The van der Waals surface area contributed by atoms with Crippen molar-refractivity contribution in [3.63, 3.8) is 0 Å². The number of aliphatic hydroxyl groups is 1. The summed E-state index contributed by atoms with van der Waals surface area (Å²) in [5.41, 5.74) is 0.700. The molecule has 47 heavy (non-hydrogen) atoms. The molecule has 3 N–H and O–H groups in total. The summed E-state index contributed by atoms with van der Waals surface area (Å²) in [4.78, 5) is 40.8. The van der Waals surface area contributed by atoms with E-state index in [1.54, 1.807) is 24.0 Å². The third kappa shape index (κ3) is 6.35. The highest BCUT2D eigenvalue weighted by atomic mass is 32.1. The van der Waals surface area contributed by atoms with Gasteiger partial charge in [-0.25, -0.2) is 14.8 Å². The average molecular weight is 663 g/mol. The van der Waals surface area contributed by atoms with Gasteiger partial charge in [0.25, 0.3) is 0 Å². The molecule has 2 unspecified atom stereocenters. The Morgan fingerprint density at radius 3 is 2.79 bits per heavy atom. The van der Waals surface area contributed by atoms with Gasteiger partial charge < -0.3 is 39.8 Å². The zero-order valence-corrected chi connectivity index (χ0v) is 28.0. The maximum Gasteiger partial charge on any atom is 0.320 e. The number of urea groups is 1. The number of pyridine rings is 1. The number of epoxide rings is 1. The van der Waals surface area contributed by atoms with E-state index in [-0.39, 0.29) is 30.4 Å². The molecule has 1 saturated carbocycles. The van der Waals surface area contributed by atoms with Crippen LogP contribution in [0.1, 0.15) is 46.0 Å². The lowest BCUT2D eigenvalue weighted by Gasteiger charge is -2.30. The molecular formula is C34H42N6O6S. The minimum absolute atomic E-state index is 0.0779. The number of benzene rings is 1. The van der Waals surface area contributed by atoms with Gasteiger partial charge in [-0.3, -0.25) is 4.79 Å². The minimum atomic E-state index is -0.892. The van der Waals surface area contributed by atoms with Crippen LogP contribution in [0.15, 0.2) is 41.8 Å². The largest absolute Gasteiger partial charge is 0.497 e. The van der Waals surface area contributed by atoms with E-state index < -0.39 is 30.1 Å². The Balaban J connectivity index is 1.19. The zero-order chi connectivity index (χ0) is 32.9.